The van der Waals surface area contributed by atoms with Crippen molar-refractivity contribution in [3.63, 3.8) is 0 Å². The summed E-state index contributed by atoms with van der Waals surface area (Å²) in [4.78, 5) is 0. The van der Waals surface area contributed by atoms with Crippen molar-refractivity contribution in [2.75, 3.05) is 5.73 Å². The summed E-state index contributed by atoms with van der Waals surface area (Å²) in [6.07, 6.45) is 0. The number of rotatable bonds is 0. The van der Waals surface area contributed by atoms with Gasteiger partial charge in [-0.3, -0.25) is 0 Å². The van der Waals surface area contributed by atoms with E-state index in [1.807, 2.05) is 0 Å². The Kier molecular flexibility index (Phi) is 4.34. The normalized spacial score (nSPS) is 10.3. The van der Waals surface area contributed by atoms with Crippen LogP contribution in [0.3, 0.4) is 0 Å². The molecule has 2 aromatic carbocycles. The summed E-state index contributed by atoms with van der Waals surface area (Å²) >= 11 is 5.14. The second-order valence-corrected chi connectivity index (χ2v) is 5.10. The Balaban J connectivity index is 2.59. The predicted octanol–water partition coefficient (Wildman–Crippen LogP) is 4.50. The molecule has 0 atom stereocenters. The van der Waals surface area contributed by atoms with Gasteiger partial charge in [0.05, 0.1) is 0 Å². The van der Waals surface area contributed by atoms with Crippen molar-refractivity contribution >= 4 is 17.3 Å². The minimum absolute atomic E-state index is 0.416. The Labute approximate surface area is 129 Å². The fourth-order valence-electron chi connectivity index (χ4n) is 1.90. The zero-order valence-corrected chi connectivity index (χ0v) is 12.4. The molecule has 0 fully saturated rings. The van der Waals surface area contributed by atoms with E-state index in [9.17, 15) is 17.6 Å². The predicted molar refractivity (Wildman–Crippen MR) is 77.6 cm³/mol. The van der Waals surface area contributed by atoms with E-state index in [2.05, 4.69) is 11.8 Å². The lowest BCUT2D eigenvalue weighted by Crippen LogP contribution is -2.01. The first kappa shape index (κ1) is 16.2. The summed E-state index contributed by atoms with van der Waals surface area (Å²) in [5, 5.41) is -1.24. The molecule has 0 aliphatic carbocycles. The Morgan fingerprint density at radius 2 is 1.32 bits per heavy atom. The van der Waals surface area contributed by atoms with Gasteiger partial charge in [0, 0.05) is 11.3 Å². The van der Waals surface area contributed by atoms with Crippen LogP contribution in [0.1, 0.15) is 22.3 Å². The summed E-state index contributed by atoms with van der Waals surface area (Å²) in [6, 6.07) is 3.21. The molecule has 0 aromatic heterocycles. The number of anilines is 1. The number of nitrogens with two attached hydrogens (primary N) is 1. The standard InChI is InChI=1S/C16H10ClF4N/c1-7-5-9(6-8(2)16(7)22)3-4-10-12(18)14(20)11(17)15(21)13(10)19/h5-6H,22H2,1-2H3. The maximum atomic E-state index is 13.6. The van der Waals surface area contributed by atoms with E-state index in [-0.39, 0.29) is 0 Å². The molecule has 2 N–H and O–H groups in total. The van der Waals surface area contributed by atoms with Crippen LogP contribution in [0, 0.1) is 49.0 Å². The maximum Gasteiger partial charge on any atom is 0.181 e. The molecule has 22 heavy (non-hydrogen) atoms. The first-order chi connectivity index (χ1) is 10.2. The summed E-state index contributed by atoms with van der Waals surface area (Å²) in [7, 11) is 0. The van der Waals surface area contributed by atoms with E-state index in [0.717, 1.165) is 11.1 Å². The molecular formula is C16H10ClF4N. The first-order valence-electron chi connectivity index (χ1n) is 6.14. The molecule has 0 aliphatic heterocycles. The van der Waals surface area contributed by atoms with Gasteiger partial charge in [0.25, 0.3) is 0 Å². The van der Waals surface area contributed by atoms with Crippen molar-refractivity contribution in [1.82, 2.24) is 0 Å². The highest BCUT2D eigenvalue weighted by Gasteiger charge is 2.23. The van der Waals surface area contributed by atoms with Crippen LogP contribution in [-0.2, 0) is 0 Å². The molecule has 0 bridgehead atoms. The topological polar surface area (TPSA) is 26.0 Å². The van der Waals surface area contributed by atoms with Gasteiger partial charge in [0.2, 0.25) is 0 Å². The molecule has 0 unspecified atom stereocenters. The monoisotopic (exact) mass is 327 g/mol. The average molecular weight is 328 g/mol. The van der Waals surface area contributed by atoms with Crippen LogP contribution < -0.4 is 5.73 Å². The highest BCUT2D eigenvalue weighted by Crippen LogP contribution is 2.27. The van der Waals surface area contributed by atoms with Gasteiger partial charge in [0.1, 0.15) is 10.6 Å². The second kappa shape index (κ2) is 5.90. The molecule has 2 aromatic rings. The van der Waals surface area contributed by atoms with Crippen molar-refractivity contribution < 1.29 is 17.6 Å². The van der Waals surface area contributed by atoms with Gasteiger partial charge in [-0.1, -0.05) is 23.4 Å². The zero-order valence-electron chi connectivity index (χ0n) is 11.6. The summed E-state index contributed by atoms with van der Waals surface area (Å²) in [6.45, 7) is 3.49. The molecular weight excluding hydrogens is 318 g/mol. The summed E-state index contributed by atoms with van der Waals surface area (Å²) in [5.74, 6) is -2.03. The molecule has 2 rings (SSSR count). The van der Waals surface area contributed by atoms with Gasteiger partial charge in [-0.25, -0.2) is 17.6 Å². The second-order valence-electron chi connectivity index (χ2n) is 4.72. The van der Waals surface area contributed by atoms with Gasteiger partial charge in [-0.05, 0) is 37.1 Å². The fraction of sp³-hybridized carbons (Fsp3) is 0.125. The van der Waals surface area contributed by atoms with Gasteiger partial charge in [-0.15, -0.1) is 0 Å². The smallest absolute Gasteiger partial charge is 0.181 e. The summed E-state index contributed by atoms with van der Waals surface area (Å²) < 4.78 is 54.0. The lowest BCUT2D eigenvalue weighted by atomic mass is 10.0. The third-order valence-electron chi connectivity index (χ3n) is 3.14. The van der Waals surface area contributed by atoms with Gasteiger partial charge in [-0.2, -0.15) is 0 Å². The number of halogens is 5. The van der Waals surface area contributed by atoms with Crippen molar-refractivity contribution in [2.45, 2.75) is 13.8 Å². The average Bonchev–Trinajstić information content (AvgIpc) is 2.48. The van der Waals surface area contributed by atoms with Gasteiger partial charge in [0.15, 0.2) is 23.3 Å². The number of hydrogen-bond donors (Lipinski definition) is 1. The van der Waals surface area contributed by atoms with E-state index in [1.54, 1.807) is 26.0 Å². The molecule has 0 amide bonds. The maximum absolute atomic E-state index is 13.6. The molecule has 0 radical (unpaired) electrons. The Morgan fingerprint density at radius 1 is 0.864 bits per heavy atom. The van der Waals surface area contributed by atoms with Crippen LogP contribution in [0.15, 0.2) is 12.1 Å². The molecule has 0 spiro atoms. The van der Waals surface area contributed by atoms with Crippen LogP contribution in [0.25, 0.3) is 0 Å². The molecule has 0 heterocycles. The molecule has 0 aliphatic rings. The van der Waals surface area contributed by atoms with Crippen LogP contribution >= 0.6 is 11.6 Å². The molecule has 0 saturated heterocycles. The Hall–Kier alpha value is -2.19. The van der Waals surface area contributed by atoms with Crippen LogP contribution in [-0.4, -0.2) is 0 Å². The van der Waals surface area contributed by atoms with Crippen molar-refractivity contribution in [3.05, 3.63) is 62.7 Å². The summed E-state index contributed by atoms with van der Waals surface area (Å²) in [5.41, 5.74) is 7.23. The van der Waals surface area contributed by atoms with Crippen molar-refractivity contribution in [2.24, 2.45) is 0 Å². The van der Waals surface area contributed by atoms with E-state index in [0.29, 0.717) is 11.3 Å². The van der Waals surface area contributed by atoms with Crippen LogP contribution in [0.5, 0.6) is 0 Å². The van der Waals surface area contributed by atoms with E-state index in [1.165, 1.54) is 0 Å². The number of nitrogen functional groups attached to an aromatic ring is 1. The van der Waals surface area contributed by atoms with Crippen molar-refractivity contribution in [3.8, 4) is 11.8 Å². The quantitative estimate of drug-likeness (QED) is 0.249. The van der Waals surface area contributed by atoms with Gasteiger partial charge < -0.3 is 5.73 Å². The highest BCUT2D eigenvalue weighted by molar-refractivity contribution is 6.30. The minimum Gasteiger partial charge on any atom is -0.398 e. The molecule has 114 valence electrons. The van der Waals surface area contributed by atoms with Crippen LogP contribution in [0.4, 0.5) is 23.2 Å². The number of aryl methyl sites for hydroxylation is 2. The third kappa shape index (κ3) is 2.75. The lowest BCUT2D eigenvalue weighted by molar-refractivity contribution is 0.451. The fourth-order valence-corrected chi connectivity index (χ4v) is 2.06. The SMILES string of the molecule is Cc1cc(C#Cc2c(F)c(F)c(Cl)c(F)c2F)cc(C)c1N. The Morgan fingerprint density at radius 3 is 1.77 bits per heavy atom. The van der Waals surface area contributed by atoms with Crippen LogP contribution in [0.2, 0.25) is 5.02 Å². The van der Waals surface area contributed by atoms with E-state index in [4.69, 9.17) is 17.3 Å². The lowest BCUT2D eigenvalue weighted by Gasteiger charge is -2.05. The minimum atomic E-state index is -1.67. The molecule has 0 saturated carbocycles. The number of hydrogen-bond acceptors (Lipinski definition) is 1. The van der Waals surface area contributed by atoms with E-state index >= 15 is 0 Å². The Bertz CT molecular complexity index is 782. The third-order valence-corrected chi connectivity index (χ3v) is 3.47. The molecule has 1 nitrogen and oxygen atoms in total. The zero-order chi connectivity index (χ0) is 16.6. The highest BCUT2D eigenvalue weighted by atomic mass is 35.5. The largest absolute Gasteiger partial charge is 0.398 e. The molecule has 6 heteroatoms. The van der Waals surface area contributed by atoms with E-state index < -0.39 is 33.9 Å². The van der Waals surface area contributed by atoms with Gasteiger partial charge >= 0.3 is 0 Å². The van der Waals surface area contributed by atoms with Crippen molar-refractivity contribution in [1.29, 1.82) is 0 Å². The first-order valence-corrected chi connectivity index (χ1v) is 6.52. The number of benzene rings is 2.